The number of carbonyl (C=O) groups excluding carboxylic acids is 1. The van der Waals surface area contributed by atoms with Gasteiger partial charge < -0.3 is 9.64 Å². The Hall–Kier alpha value is -2.17. The Morgan fingerprint density at radius 2 is 1.59 bits per heavy atom. The van der Waals surface area contributed by atoms with Crippen LogP contribution in [-0.4, -0.2) is 60.6 Å². The van der Waals surface area contributed by atoms with E-state index in [1.165, 1.54) is 36.8 Å². The van der Waals surface area contributed by atoms with Gasteiger partial charge in [-0.25, -0.2) is 0 Å². The number of amides is 1. The summed E-state index contributed by atoms with van der Waals surface area (Å²) in [5.41, 5.74) is 4.17. The zero-order valence-corrected chi connectivity index (χ0v) is 19.1. The van der Waals surface area contributed by atoms with Crippen LogP contribution in [0.15, 0.2) is 54.6 Å². The number of carbonyl (C=O) groups is 1. The zero-order chi connectivity index (χ0) is 21.8. The molecular formula is C28H36N2O2. The molecule has 4 nitrogen and oxygen atoms in total. The summed E-state index contributed by atoms with van der Waals surface area (Å²) in [6.45, 7) is 4.79. The van der Waals surface area contributed by atoms with Crippen LogP contribution in [0.5, 0.6) is 0 Å². The SMILES string of the molecule is O=C(Cc1ccccc1)N(CC1CCN(C2Cc3ccccc3C2)CC1)CC1CCCO1. The van der Waals surface area contributed by atoms with Gasteiger partial charge >= 0.3 is 0 Å². The van der Waals surface area contributed by atoms with Crippen molar-refractivity contribution in [3.8, 4) is 0 Å². The van der Waals surface area contributed by atoms with Gasteiger partial charge in [0.1, 0.15) is 0 Å². The number of nitrogens with zero attached hydrogens (tertiary/aromatic N) is 2. The fraction of sp³-hybridized carbons (Fsp3) is 0.536. The summed E-state index contributed by atoms with van der Waals surface area (Å²) in [7, 11) is 0. The van der Waals surface area contributed by atoms with Crippen LogP contribution < -0.4 is 0 Å². The molecule has 1 amide bonds. The van der Waals surface area contributed by atoms with Crippen molar-refractivity contribution in [2.24, 2.45) is 5.92 Å². The van der Waals surface area contributed by atoms with Crippen LogP contribution >= 0.6 is 0 Å². The van der Waals surface area contributed by atoms with Crippen LogP contribution in [-0.2, 0) is 28.8 Å². The minimum absolute atomic E-state index is 0.215. The third-order valence-corrected chi connectivity index (χ3v) is 7.67. The van der Waals surface area contributed by atoms with E-state index in [0.29, 0.717) is 18.4 Å². The molecule has 1 aliphatic carbocycles. The average Bonchev–Trinajstić information content (AvgIpc) is 3.49. The van der Waals surface area contributed by atoms with Crippen molar-refractivity contribution in [1.82, 2.24) is 9.80 Å². The predicted octanol–water partition coefficient (Wildman–Crippen LogP) is 4.12. The molecule has 2 aromatic rings. The van der Waals surface area contributed by atoms with E-state index in [9.17, 15) is 4.79 Å². The average molecular weight is 433 g/mol. The van der Waals surface area contributed by atoms with Crippen LogP contribution in [0.3, 0.4) is 0 Å². The molecule has 32 heavy (non-hydrogen) atoms. The van der Waals surface area contributed by atoms with Crippen molar-refractivity contribution in [3.63, 3.8) is 0 Å². The summed E-state index contributed by atoms with van der Waals surface area (Å²) in [5.74, 6) is 0.844. The quantitative estimate of drug-likeness (QED) is 0.660. The number of piperidine rings is 1. The number of hydrogen-bond acceptors (Lipinski definition) is 3. The molecule has 0 N–H and O–H groups in total. The first kappa shape index (κ1) is 21.7. The van der Waals surface area contributed by atoms with Gasteiger partial charge in [0.15, 0.2) is 0 Å². The molecule has 1 atom stereocenters. The number of rotatable bonds is 7. The van der Waals surface area contributed by atoms with Crippen molar-refractivity contribution in [2.75, 3.05) is 32.8 Å². The first-order valence-electron chi connectivity index (χ1n) is 12.5. The number of likely N-dealkylation sites (tertiary alicyclic amines) is 1. The van der Waals surface area contributed by atoms with Crippen molar-refractivity contribution >= 4 is 5.91 Å². The monoisotopic (exact) mass is 432 g/mol. The normalized spacial score (nSPS) is 22.2. The molecule has 2 fully saturated rings. The van der Waals surface area contributed by atoms with Gasteiger partial charge in [0.05, 0.1) is 12.5 Å². The minimum atomic E-state index is 0.215. The van der Waals surface area contributed by atoms with Crippen LogP contribution in [0, 0.1) is 5.92 Å². The maximum Gasteiger partial charge on any atom is 0.227 e. The van der Waals surface area contributed by atoms with E-state index in [4.69, 9.17) is 4.74 Å². The van der Waals surface area contributed by atoms with Crippen molar-refractivity contribution < 1.29 is 9.53 Å². The van der Waals surface area contributed by atoms with Gasteiger partial charge in [0, 0.05) is 25.7 Å². The molecule has 0 radical (unpaired) electrons. The van der Waals surface area contributed by atoms with E-state index in [2.05, 4.69) is 46.2 Å². The third-order valence-electron chi connectivity index (χ3n) is 7.67. The molecule has 0 spiro atoms. The van der Waals surface area contributed by atoms with Gasteiger partial charge in [-0.3, -0.25) is 9.69 Å². The molecule has 2 heterocycles. The molecule has 0 saturated carbocycles. The minimum Gasteiger partial charge on any atom is -0.376 e. The van der Waals surface area contributed by atoms with E-state index in [1.807, 2.05) is 18.2 Å². The number of hydrogen-bond donors (Lipinski definition) is 0. The second-order valence-corrected chi connectivity index (χ2v) is 9.91. The summed E-state index contributed by atoms with van der Waals surface area (Å²) in [6, 6.07) is 19.7. The lowest BCUT2D eigenvalue weighted by molar-refractivity contribution is -0.133. The lowest BCUT2D eigenvalue weighted by atomic mass is 9.94. The Morgan fingerprint density at radius 3 is 2.25 bits per heavy atom. The standard InChI is InChI=1S/C28H36N2O2/c31-28(17-22-7-2-1-3-8-22)30(21-27-11-6-16-32-27)20-23-12-14-29(15-13-23)26-18-24-9-4-5-10-25(24)19-26/h1-5,7-10,23,26-27H,6,11-21H2. The Kier molecular flexibility index (Phi) is 6.89. The molecule has 2 aromatic carbocycles. The topological polar surface area (TPSA) is 32.8 Å². The summed E-state index contributed by atoms with van der Waals surface area (Å²) in [6.07, 6.45) is 7.67. The van der Waals surface area contributed by atoms with Crippen molar-refractivity contribution in [2.45, 2.75) is 57.1 Å². The highest BCUT2D eigenvalue weighted by Crippen LogP contribution is 2.29. The fourth-order valence-corrected chi connectivity index (χ4v) is 5.80. The molecular weight excluding hydrogens is 396 g/mol. The molecule has 2 aliphatic heterocycles. The molecule has 3 aliphatic rings. The van der Waals surface area contributed by atoms with E-state index in [1.54, 1.807) is 0 Å². The zero-order valence-electron chi connectivity index (χ0n) is 19.1. The third kappa shape index (κ3) is 5.24. The highest BCUT2D eigenvalue weighted by atomic mass is 16.5. The van der Waals surface area contributed by atoms with Crippen LogP contribution in [0.25, 0.3) is 0 Å². The number of benzene rings is 2. The lowest BCUT2D eigenvalue weighted by Gasteiger charge is -2.38. The summed E-state index contributed by atoms with van der Waals surface area (Å²) in [5, 5.41) is 0. The van der Waals surface area contributed by atoms with Crippen LogP contribution in [0.4, 0.5) is 0 Å². The second-order valence-electron chi connectivity index (χ2n) is 9.91. The molecule has 170 valence electrons. The smallest absolute Gasteiger partial charge is 0.227 e. The summed E-state index contributed by atoms with van der Waals surface area (Å²) < 4.78 is 5.89. The second kappa shape index (κ2) is 10.2. The molecule has 4 heteroatoms. The largest absolute Gasteiger partial charge is 0.376 e. The predicted molar refractivity (Wildman–Crippen MR) is 128 cm³/mol. The van der Waals surface area contributed by atoms with E-state index >= 15 is 0 Å². The van der Waals surface area contributed by atoms with E-state index in [-0.39, 0.29) is 12.0 Å². The number of ether oxygens (including phenoxy) is 1. The molecule has 2 saturated heterocycles. The Labute approximate surface area is 192 Å². The van der Waals surface area contributed by atoms with Gasteiger partial charge in [-0.2, -0.15) is 0 Å². The Bertz CT molecular complexity index is 860. The molecule has 5 rings (SSSR count). The summed E-state index contributed by atoms with van der Waals surface area (Å²) >= 11 is 0. The highest BCUT2D eigenvalue weighted by molar-refractivity contribution is 5.78. The van der Waals surface area contributed by atoms with Crippen molar-refractivity contribution in [1.29, 1.82) is 0 Å². The van der Waals surface area contributed by atoms with Crippen LogP contribution in [0.2, 0.25) is 0 Å². The highest BCUT2D eigenvalue weighted by Gasteiger charge is 2.31. The fourth-order valence-electron chi connectivity index (χ4n) is 5.80. The van der Waals surface area contributed by atoms with Gasteiger partial charge in [-0.15, -0.1) is 0 Å². The molecule has 0 aromatic heterocycles. The van der Waals surface area contributed by atoms with E-state index in [0.717, 1.165) is 51.2 Å². The van der Waals surface area contributed by atoms with Gasteiger partial charge in [0.25, 0.3) is 0 Å². The van der Waals surface area contributed by atoms with E-state index < -0.39 is 0 Å². The first-order chi connectivity index (χ1) is 15.7. The Balaban J connectivity index is 1.16. The van der Waals surface area contributed by atoms with Crippen LogP contribution in [0.1, 0.15) is 42.4 Å². The molecule has 1 unspecified atom stereocenters. The summed E-state index contributed by atoms with van der Waals surface area (Å²) in [4.78, 5) is 18.1. The lowest BCUT2D eigenvalue weighted by Crippen LogP contribution is -2.46. The maximum absolute atomic E-state index is 13.2. The molecule has 0 bridgehead atoms. The van der Waals surface area contributed by atoms with Gasteiger partial charge in [0.2, 0.25) is 5.91 Å². The Morgan fingerprint density at radius 1 is 0.906 bits per heavy atom. The van der Waals surface area contributed by atoms with Crippen molar-refractivity contribution in [3.05, 3.63) is 71.3 Å². The maximum atomic E-state index is 13.2. The first-order valence-corrected chi connectivity index (χ1v) is 12.5. The van der Waals surface area contributed by atoms with Gasteiger partial charge in [-0.05, 0) is 74.2 Å². The number of fused-ring (bicyclic) bond motifs is 1. The van der Waals surface area contributed by atoms with Gasteiger partial charge in [-0.1, -0.05) is 54.6 Å².